The summed E-state index contributed by atoms with van der Waals surface area (Å²) in [6, 6.07) is -0.869. The Morgan fingerprint density at radius 1 is 1.58 bits per heavy atom. The Bertz CT molecular complexity index is 131. The van der Waals surface area contributed by atoms with Crippen LogP contribution in [0.3, 0.4) is 0 Å². The van der Waals surface area contributed by atoms with Crippen molar-refractivity contribution in [3.05, 3.63) is 0 Å². The summed E-state index contributed by atoms with van der Waals surface area (Å²) in [7, 11) is 3.00. The van der Waals surface area contributed by atoms with E-state index in [0.717, 1.165) is 0 Å². The van der Waals surface area contributed by atoms with Crippen LogP contribution in [0.15, 0.2) is 0 Å². The average Bonchev–Trinajstić information content (AvgIpc) is 2.04. The highest BCUT2D eigenvalue weighted by Crippen LogP contribution is 2.30. The molecular formula is C5H11BO4PS+. The quantitative estimate of drug-likeness (QED) is 0.295. The summed E-state index contributed by atoms with van der Waals surface area (Å²) in [5.41, 5.74) is 0. The van der Waals surface area contributed by atoms with Crippen molar-refractivity contribution in [2.45, 2.75) is 13.0 Å². The largest absolute Gasteiger partial charge is 0.571 e. The highest BCUT2D eigenvalue weighted by Gasteiger charge is 2.33. The summed E-state index contributed by atoms with van der Waals surface area (Å²) in [5.74, 6) is 0.125. The van der Waals surface area contributed by atoms with Crippen molar-refractivity contribution in [3.8, 4) is 0 Å². The first-order valence-electron chi connectivity index (χ1n) is 3.39. The summed E-state index contributed by atoms with van der Waals surface area (Å²) in [6.45, 7) is 2.04. The lowest BCUT2D eigenvalue weighted by Gasteiger charge is -2.04. The van der Waals surface area contributed by atoms with Crippen molar-refractivity contribution in [2.24, 2.45) is 0 Å². The van der Waals surface area contributed by atoms with Crippen LogP contribution in [-0.4, -0.2) is 32.9 Å². The zero-order valence-corrected chi connectivity index (χ0v) is 8.59. The number of hydrogen-bond donors (Lipinski definition) is 1. The standard InChI is InChI=1S/C5H10BO4PS/c1-2-8-5(9-4-12)11(7)10-3-6/h5H,2-4H2,1H3/p+1. The lowest BCUT2D eigenvalue weighted by Crippen LogP contribution is -2.13. The molecule has 2 unspecified atom stereocenters. The predicted octanol–water partition coefficient (Wildman–Crippen LogP) is 1.10. The molecule has 68 valence electrons. The molecule has 0 aromatic heterocycles. The van der Waals surface area contributed by atoms with Crippen molar-refractivity contribution in [1.82, 2.24) is 0 Å². The molecule has 0 heterocycles. The van der Waals surface area contributed by atoms with E-state index in [1.54, 1.807) is 6.92 Å². The predicted molar refractivity (Wildman–Crippen MR) is 49.7 cm³/mol. The van der Waals surface area contributed by atoms with Gasteiger partial charge in [0.2, 0.25) is 0 Å². The van der Waals surface area contributed by atoms with Gasteiger partial charge in [-0.3, -0.25) is 4.74 Å². The SMILES string of the molecule is [B]CO[P+](=O)C(OCC)OCS. The van der Waals surface area contributed by atoms with Crippen molar-refractivity contribution in [2.75, 3.05) is 19.1 Å². The molecule has 0 spiro atoms. The molecule has 0 saturated heterocycles. The topological polar surface area (TPSA) is 44.8 Å². The van der Waals surface area contributed by atoms with Gasteiger partial charge < -0.3 is 4.74 Å². The first kappa shape index (κ1) is 12.4. The highest BCUT2D eigenvalue weighted by molar-refractivity contribution is 7.80. The molecule has 0 bridgehead atoms. The van der Waals surface area contributed by atoms with Crippen molar-refractivity contribution >= 4 is 28.5 Å². The van der Waals surface area contributed by atoms with Crippen molar-refractivity contribution in [3.63, 3.8) is 0 Å². The monoisotopic (exact) mass is 209 g/mol. The van der Waals surface area contributed by atoms with Gasteiger partial charge in [0.15, 0.2) is 0 Å². The van der Waals surface area contributed by atoms with Gasteiger partial charge in [-0.05, 0) is 11.5 Å². The normalized spacial score (nSPS) is 14.3. The molecule has 0 aromatic carbocycles. The lowest BCUT2D eigenvalue weighted by atomic mass is 10.2. The van der Waals surface area contributed by atoms with E-state index >= 15 is 0 Å². The number of ether oxygens (including phenoxy) is 2. The van der Waals surface area contributed by atoms with E-state index in [-0.39, 0.29) is 12.4 Å². The lowest BCUT2D eigenvalue weighted by molar-refractivity contribution is -0.0725. The molecule has 0 rings (SSSR count). The molecule has 0 aromatic rings. The third kappa shape index (κ3) is 5.11. The first-order valence-corrected chi connectivity index (χ1v) is 5.27. The van der Waals surface area contributed by atoms with Gasteiger partial charge in [-0.15, -0.1) is 0 Å². The van der Waals surface area contributed by atoms with Gasteiger partial charge >= 0.3 is 14.1 Å². The van der Waals surface area contributed by atoms with E-state index in [4.69, 9.17) is 17.3 Å². The molecule has 7 heteroatoms. The second-order valence-electron chi connectivity index (χ2n) is 1.64. The van der Waals surface area contributed by atoms with E-state index in [9.17, 15) is 4.57 Å². The van der Waals surface area contributed by atoms with Crippen LogP contribution >= 0.6 is 20.7 Å². The molecular weight excluding hydrogens is 198 g/mol. The van der Waals surface area contributed by atoms with Crippen LogP contribution in [0.25, 0.3) is 0 Å². The van der Waals surface area contributed by atoms with E-state index < -0.39 is 14.1 Å². The van der Waals surface area contributed by atoms with E-state index in [0.29, 0.717) is 6.61 Å². The van der Waals surface area contributed by atoms with Crippen LogP contribution in [0.2, 0.25) is 0 Å². The summed E-state index contributed by atoms with van der Waals surface area (Å²) in [4.78, 5) is 0. The van der Waals surface area contributed by atoms with Crippen LogP contribution in [0.5, 0.6) is 0 Å². The fourth-order valence-corrected chi connectivity index (χ4v) is 1.50. The van der Waals surface area contributed by atoms with Gasteiger partial charge in [0, 0.05) is 0 Å². The Hall–Kier alpha value is 0.395. The maximum absolute atomic E-state index is 11.1. The Labute approximate surface area is 79.6 Å². The van der Waals surface area contributed by atoms with Crippen molar-refractivity contribution < 1.29 is 18.6 Å². The van der Waals surface area contributed by atoms with Gasteiger partial charge in [0.05, 0.1) is 19.1 Å². The molecule has 2 radical (unpaired) electrons. The number of hydrogen-bond acceptors (Lipinski definition) is 5. The van der Waals surface area contributed by atoms with Crippen LogP contribution < -0.4 is 0 Å². The molecule has 0 saturated carbocycles. The van der Waals surface area contributed by atoms with Crippen molar-refractivity contribution in [1.29, 1.82) is 0 Å². The van der Waals surface area contributed by atoms with Gasteiger partial charge in [0.1, 0.15) is 7.85 Å². The minimum Gasteiger partial charge on any atom is -0.311 e. The second-order valence-corrected chi connectivity index (χ2v) is 3.15. The highest BCUT2D eigenvalue weighted by atomic mass is 32.1. The smallest absolute Gasteiger partial charge is 0.311 e. The zero-order chi connectivity index (χ0) is 9.40. The summed E-state index contributed by atoms with van der Waals surface area (Å²) in [5, 5.41) is 0. The Morgan fingerprint density at radius 3 is 2.67 bits per heavy atom. The van der Waals surface area contributed by atoms with E-state index in [1.165, 1.54) is 0 Å². The molecule has 4 nitrogen and oxygen atoms in total. The summed E-state index contributed by atoms with van der Waals surface area (Å²) < 4.78 is 25.5. The second kappa shape index (κ2) is 8.01. The molecule has 0 aliphatic carbocycles. The van der Waals surface area contributed by atoms with Crippen LogP contribution in [0.4, 0.5) is 0 Å². The van der Waals surface area contributed by atoms with Gasteiger partial charge in [-0.1, -0.05) is 0 Å². The maximum Gasteiger partial charge on any atom is 0.571 e. The molecule has 0 aliphatic heterocycles. The van der Waals surface area contributed by atoms with Crippen LogP contribution in [0.1, 0.15) is 6.92 Å². The molecule has 12 heavy (non-hydrogen) atoms. The fourth-order valence-electron chi connectivity index (χ4n) is 0.510. The maximum atomic E-state index is 11.1. The molecule has 0 amide bonds. The fraction of sp³-hybridized carbons (Fsp3) is 1.00. The molecule has 0 aliphatic rings. The van der Waals surface area contributed by atoms with E-state index in [1.807, 2.05) is 0 Å². The van der Waals surface area contributed by atoms with Crippen LogP contribution in [-0.2, 0) is 18.6 Å². The third-order valence-corrected chi connectivity index (χ3v) is 2.10. The van der Waals surface area contributed by atoms with Crippen LogP contribution in [0, 0.1) is 0 Å². The Morgan fingerprint density at radius 2 is 2.25 bits per heavy atom. The minimum absolute atomic E-state index is 0.116. The van der Waals surface area contributed by atoms with E-state index in [2.05, 4.69) is 17.2 Å². The first-order chi connectivity index (χ1) is 5.76. The van der Waals surface area contributed by atoms with Gasteiger partial charge in [-0.2, -0.15) is 17.2 Å². The van der Waals surface area contributed by atoms with Gasteiger partial charge in [0.25, 0.3) is 0 Å². The Kier molecular flexibility index (Phi) is 8.28. The third-order valence-electron chi connectivity index (χ3n) is 0.900. The molecule has 0 N–H and O–H groups in total. The number of rotatable bonds is 7. The molecule has 2 atom stereocenters. The minimum atomic E-state index is -2.02. The average molecular weight is 209 g/mol. The van der Waals surface area contributed by atoms with Gasteiger partial charge in [-0.25, -0.2) is 0 Å². The number of thiol groups is 1. The molecule has 0 fully saturated rings. The zero-order valence-electron chi connectivity index (χ0n) is 6.80. The summed E-state index contributed by atoms with van der Waals surface area (Å²) in [6.07, 6.45) is 0. The Balaban J connectivity index is 3.81. The summed E-state index contributed by atoms with van der Waals surface area (Å²) >= 11 is 3.80.